The van der Waals surface area contributed by atoms with Crippen LogP contribution in [0.5, 0.6) is 0 Å². The van der Waals surface area contributed by atoms with Gasteiger partial charge in [0, 0.05) is 11.8 Å². The van der Waals surface area contributed by atoms with Crippen LogP contribution in [0.2, 0.25) is 0 Å². The van der Waals surface area contributed by atoms with Gasteiger partial charge in [-0.25, -0.2) is 17.5 Å². The molecule has 3 aromatic carbocycles. The average molecular weight is 538 g/mol. The normalized spacial score (nSPS) is 24.8. The zero-order chi connectivity index (χ0) is 26.8. The highest BCUT2D eigenvalue weighted by atomic mass is 32.2. The van der Waals surface area contributed by atoms with Gasteiger partial charge < -0.3 is 9.47 Å². The molecule has 2 aliphatic rings. The topological polar surface area (TPSA) is 81.7 Å². The van der Waals surface area contributed by atoms with Crippen LogP contribution in [0.4, 0.5) is 4.39 Å². The molecule has 4 atom stereocenters. The fraction of sp³-hybridized carbons (Fsp3) is 0.367. The van der Waals surface area contributed by atoms with E-state index < -0.39 is 21.5 Å². The molecular formula is C30H32FNO5S. The van der Waals surface area contributed by atoms with Gasteiger partial charge in [0.05, 0.1) is 30.8 Å². The minimum Gasteiger partial charge on any atom is -0.469 e. The van der Waals surface area contributed by atoms with Gasteiger partial charge in [0.15, 0.2) is 0 Å². The number of carbonyl (C=O) groups is 1. The maximum absolute atomic E-state index is 13.7. The van der Waals surface area contributed by atoms with Gasteiger partial charge in [-0.1, -0.05) is 54.6 Å². The fourth-order valence-corrected chi connectivity index (χ4v) is 7.30. The van der Waals surface area contributed by atoms with Crippen molar-refractivity contribution in [3.8, 4) is 0 Å². The molecule has 200 valence electrons. The van der Waals surface area contributed by atoms with Gasteiger partial charge in [0.1, 0.15) is 5.82 Å². The van der Waals surface area contributed by atoms with E-state index in [1.54, 1.807) is 24.3 Å². The number of rotatable bonds is 10. The molecule has 0 aromatic heterocycles. The monoisotopic (exact) mass is 537 g/mol. The van der Waals surface area contributed by atoms with E-state index in [0.717, 1.165) is 22.8 Å². The Hall–Kier alpha value is -3.07. The molecule has 2 fully saturated rings. The van der Waals surface area contributed by atoms with Crippen molar-refractivity contribution >= 4 is 26.8 Å². The Labute approximate surface area is 222 Å². The van der Waals surface area contributed by atoms with Crippen molar-refractivity contribution in [1.29, 1.82) is 0 Å². The Morgan fingerprint density at radius 1 is 1.11 bits per heavy atom. The minimum atomic E-state index is -3.82. The van der Waals surface area contributed by atoms with E-state index >= 15 is 0 Å². The molecule has 8 heteroatoms. The standard InChI is InChI=1S/C30H32FNO5S/c1-36-28(33)11-5-3-2-4-10-26-29(27-19-30(26,20-37-27)23-13-15-24(31)16-14-23)32-38(34,35)25-17-12-21-8-6-7-9-22(21)18-25/h2,4,6-9,12-18,26-27,29,32H,3,5,10-11,19-20H2,1H3/t26-,27-,29-,30-/m1/s1. The highest BCUT2D eigenvalue weighted by molar-refractivity contribution is 7.89. The molecule has 38 heavy (non-hydrogen) atoms. The summed E-state index contributed by atoms with van der Waals surface area (Å²) < 4.78 is 54.7. The predicted molar refractivity (Wildman–Crippen MR) is 144 cm³/mol. The lowest BCUT2D eigenvalue weighted by Gasteiger charge is -2.39. The number of hydrogen-bond acceptors (Lipinski definition) is 5. The zero-order valence-electron chi connectivity index (χ0n) is 21.3. The third-order valence-corrected chi connectivity index (χ3v) is 9.40. The Kier molecular flexibility index (Phi) is 7.66. The van der Waals surface area contributed by atoms with E-state index in [1.807, 2.05) is 36.4 Å². The molecule has 0 amide bonds. The molecule has 1 aliphatic carbocycles. The summed E-state index contributed by atoms with van der Waals surface area (Å²) in [6.45, 7) is 0.457. The summed E-state index contributed by atoms with van der Waals surface area (Å²) in [5.41, 5.74) is 0.531. The summed E-state index contributed by atoms with van der Waals surface area (Å²) in [5, 5.41) is 1.83. The number of hydrogen-bond donors (Lipinski definition) is 1. The average Bonchev–Trinajstić information content (AvgIpc) is 3.48. The smallest absolute Gasteiger partial charge is 0.305 e. The van der Waals surface area contributed by atoms with Gasteiger partial charge >= 0.3 is 5.97 Å². The Bertz CT molecular complexity index is 1440. The van der Waals surface area contributed by atoms with Gasteiger partial charge in [0.25, 0.3) is 0 Å². The molecule has 2 bridgehead atoms. The van der Waals surface area contributed by atoms with Crippen LogP contribution in [-0.4, -0.2) is 40.2 Å². The molecule has 1 N–H and O–H groups in total. The maximum atomic E-state index is 13.7. The minimum absolute atomic E-state index is 0.0844. The lowest BCUT2D eigenvalue weighted by atomic mass is 9.71. The quantitative estimate of drug-likeness (QED) is 0.216. The molecule has 0 spiro atoms. The van der Waals surface area contributed by atoms with E-state index in [0.29, 0.717) is 32.3 Å². The summed E-state index contributed by atoms with van der Waals surface area (Å²) in [5.74, 6) is -0.630. The van der Waals surface area contributed by atoms with Crippen LogP contribution in [-0.2, 0) is 29.7 Å². The summed E-state index contributed by atoms with van der Waals surface area (Å²) in [6.07, 6.45) is 6.85. The van der Waals surface area contributed by atoms with Crippen molar-refractivity contribution in [2.24, 2.45) is 5.92 Å². The van der Waals surface area contributed by atoms with Crippen molar-refractivity contribution in [1.82, 2.24) is 4.72 Å². The largest absolute Gasteiger partial charge is 0.469 e. The van der Waals surface area contributed by atoms with Crippen LogP contribution in [0.15, 0.2) is 83.8 Å². The second-order valence-corrected chi connectivity index (χ2v) is 11.9. The first-order valence-corrected chi connectivity index (χ1v) is 14.4. The summed E-state index contributed by atoms with van der Waals surface area (Å²) >= 11 is 0. The van der Waals surface area contributed by atoms with Crippen LogP contribution in [0.1, 0.15) is 37.7 Å². The number of ether oxygens (including phenoxy) is 2. The number of fused-ring (bicyclic) bond motifs is 3. The van der Waals surface area contributed by atoms with Gasteiger partial charge in [-0.2, -0.15) is 0 Å². The lowest BCUT2D eigenvalue weighted by molar-refractivity contribution is -0.140. The molecule has 5 rings (SSSR count). The molecule has 6 nitrogen and oxygen atoms in total. The first-order valence-electron chi connectivity index (χ1n) is 12.9. The van der Waals surface area contributed by atoms with Crippen LogP contribution < -0.4 is 4.72 Å². The summed E-state index contributed by atoms with van der Waals surface area (Å²) in [7, 11) is -2.44. The number of unbranched alkanes of at least 4 members (excludes halogenated alkanes) is 1. The number of esters is 1. The highest BCUT2D eigenvalue weighted by Crippen LogP contribution is 2.54. The molecule has 1 saturated heterocycles. The van der Waals surface area contributed by atoms with Crippen LogP contribution in [0, 0.1) is 11.7 Å². The first-order chi connectivity index (χ1) is 18.3. The van der Waals surface area contributed by atoms with Crippen molar-refractivity contribution in [2.75, 3.05) is 13.7 Å². The molecule has 0 unspecified atom stereocenters. The molecule has 1 saturated carbocycles. The zero-order valence-corrected chi connectivity index (χ0v) is 22.1. The number of benzene rings is 3. The Balaban J connectivity index is 1.40. The third kappa shape index (κ3) is 5.25. The Morgan fingerprint density at radius 2 is 1.87 bits per heavy atom. The second-order valence-electron chi connectivity index (χ2n) is 10.2. The van der Waals surface area contributed by atoms with Gasteiger partial charge in [-0.15, -0.1) is 0 Å². The molecule has 0 radical (unpaired) electrons. The van der Waals surface area contributed by atoms with Crippen LogP contribution >= 0.6 is 0 Å². The van der Waals surface area contributed by atoms with E-state index in [-0.39, 0.29) is 28.7 Å². The lowest BCUT2D eigenvalue weighted by Crippen LogP contribution is -2.51. The third-order valence-electron chi connectivity index (χ3n) is 7.94. The van der Waals surface area contributed by atoms with Gasteiger partial charge in [0.2, 0.25) is 10.0 Å². The Morgan fingerprint density at radius 3 is 2.63 bits per heavy atom. The van der Waals surface area contributed by atoms with Gasteiger partial charge in [-0.05, 0) is 72.2 Å². The van der Waals surface area contributed by atoms with Crippen LogP contribution in [0.25, 0.3) is 10.8 Å². The molecular weight excluding hydrogens is 505 g/mol. The number of nitrogens with one attached hydrogen (secondary N) is 1. The maximum Gasteiger partial charge on any atom is 0.305 e. The summed E-state index contributed by atoms with van der Waals surface area (Å²) in [4.78, 5) is 11.6. The number of halogens is 1. The molecule has 3 aromatic rings. The van der Waals surface area contributed by atoms with E-state index in [4.69, 9.17) is 9.47 Å². The van der Waals surface area contributed by atoms with Crippen molar-refractivity contribution in [2.45, 2.75) is 54.6 Å². The molecule has 1 aliphatic heterocycles. The SMILES string of the molecule is COC(=O)CCCC=CC[C@@H]1[C@@H](NS(=O)(=O)c2ccc3ccccc3c2)[C@H]2C[C@]1(c1ccc(F)cc1)CO2. The first kappa shape index (κ1) is 26.5. The fourth-order valence-electron chi connectivity index (χ4n) is 5.96. The number of methoxy groups -OCH3 is 1. The number of sulfonamides is 1. The van der Waals surface area contributed by atoms with Crippen molar-refractivity contribution < 1.29 is 27.1 Å². The van der Waals surface area contributed by atoms with Crippen molar-refractivity contribution in [3.05, 3.63) is 90.3 Å². The van der Waals surface area contributed by atoms with E-state index in [9.17, 15) is 17.6 Å². The van der Waals surface area contributed by atoms with Crippen LogP contribution in [0.3, 0.4) is 0 Å². The summed E-state index contributed by atoms with van der Waals surface area (Å²) in [6, 6.07) is 18.8. The van der Waals surface area contributed by atoms with E-state index in [2.05, 4.69) is 10.8 Å². The highest BCUT2D eigenvalue weighted by Gasteiger charge is 2.60. The van der Waals surface area contributed by atoms with E-state index in [1.165, 1.54) is 19.2 Å². The van der Waals surface area contributed by atoms with Crippen molar-refractivity contribution in [3.63, 3.8) is 0 Å². The molecule has 1 heterocycles. The predicted octanol–water partition coefficient (Wildman–Crippen LogP) is 5.27. The second kappa shape index (κ2) is 11.0. The number of carbonyl (C=O) groups excluding carboxylic acids is 1. The number of allylic oxidation sites excluding steroid dienone is 2. The van der Waals surface area contributed by atoms with Gasteiger partial charge in [-0.3, -0.25) is 4.79 Å².